The van der Waals surface area contributed by atoms with Gasteiger partial charge in [0.1, 0.15) is 0 Å². The van der Waals surface area contributed by atoms with E-state index < -0.39 is 14.9 Å². The van der Waals surface area contributed by atoms with Gasteiger partial charge in [0, 0.05) is 36.5 Å². The maximum absolute atomic E-state index is 12.7. The van der Waals surface area contributed by atoms with Gasteiger partial charge in [-0.1, -0.05) is 6.07 Å². The molecule has 0 radical (unpaired) electrons. The Morgan fingerprint density at radius 3 is 2.30 bits per heavy atom. The normalized spacial score (nSPS) is 19.4. The highest BCUT2D eigenvalue weighted by molar-refractivity contribution is 7.92. The van der Waals surface area contributed by atoms with Crippen molar-refractivity contribution >= 4 is 27.3 Å². The standard InChI is InChI=1S/C20H23N3O6S/c1-13-4-9-18(23(25)26)10-19(13)30(27,28)21-17-7-5-16(6-8-17)20(24)22-11-14(2)29-15(3)12-22/h4-10,14-15,21H,11-12H2,1-3H3. The van der Waals surface area contributed by atoms with Crippen LogP contribution in [0.25, 0.3) is 0 Å². The van der Waals surface area contributed by atoms with E-state index in [1.807, 2.05) is 13.8 Å². The van der Waals surface area contributed by atoms with Gasteiger partial charge < -0.3 is 9.64 Å². The number of ether oxygens (including phenoxy) is 1. The van der Waals surface area contributed by atoms with Gasteiger partial charge in [-0.25, -0.2) is 8.42 Å². The van der Waals surface area contributed by atoms with Gasteiger partial charge in [-0.3, -0.25) is 19.6 Å². The zero-order valence-corrected chi connectivity index (χ0v) is 17.7. The average molecular weight is 433 g/mol. The van der Waals surface area contributed by atoms with Gasteiger partial charge in [0.15, 0.2) is 0 Å². The number of nitrogens with one attached hydrogen (secondary N) is 1. The number of morpholine rings is 1. The van der Waals surface area contributed by atoms with E-state index >= 15 is 0 Å². The van der Waals surface area contributed by atoms with Gasteiger partial charge in [-0.15, -0.1) is 0 Å². The fraction of sp³-hybridized carbons (Fsp3) is 0.350. The Labute approximate surface area is 174 Å². The third-order valence-electron chi connectivity index (χ3n) is 4.76. The molecular weight excluding hydrogens is 410 g/mol. The third kappa shape index (κ3) is 4.77. The molecular formula is C20H23N3O6S. The molecule has 1 aliphatic heterocycles. The molecule has 0 saturated carbocycles. The van der Waals surface area contributed by atoms with E-state index in [-0.39, 0.29) is 34.4 Å². The summed E-state index contributed by atoms with van der Waals surface area (Å²) in [6.45, 7) is 6.35. The van der Waals surface area contributed by atoms with Crippen molar-refractivity contribution in [3.63, 3.8) is 0 Å². The van der Waals surface area contributed by atoms with E-state index in [0.717, 1.165) is 6.07 Å². The van der Waals surface area contributed by atoms with Crippen LogP contribution in [0.3, 0.4) is 0 Å². The van der Waals surface area contributed by atoms with Gasteiger partial charge in [0.25, 0.3) is 21.6 Å². The summed E-state index contributed by atoms with van der Waals surface area (Å²) in [6, 6.07) is 9.74. The van der Waals surface area contributed by atoms with Gasteiger partial charge in [-0.05, 0) is 50.6 Å². The first kappa shape index (κ1) is 21.7. The molecule has 30 heavy (non-hydrogen) atoms. The highest BCUT2D eigenvalue weighted by atomic mass is 32.2. The van der Waals surface area contributed by atoms with Crippen LogP contribution < -0.4 is 4.72 Å². The molecule has 3 rings (SSSR count). The van der Waals surface area contributed by atoms with Gasteiger partial charge in [-0.2, -0.15) is 0 Å². The molecule has 1 aliphatic rings. The Bertz CT molecular complexity index is 1060. The Morgan fingerprint density at radius 2 is 1.73 bits per heavy atom. The number of nitro groups is 1. The average Bonchev–Trinajstić information content (AvgIpc) is 2.67. The number of rotatable bonds is 5. The molecule has 1 N–H and O–H groups in total. The number of non-ortho nitro benzene ring substituents is 1. The summed E-state index contributed by atoms with van der Waals surface area (Å²) in [5, 5.41) is 11.0. The number of carbonyl (C=O) groups is 1. The summed E-state index contributed by atoms with van der Waals surface area (Å²) in [6.07, 6.45) is -0.107. The van der Waals surface area contributed by atoms with Crippen molar-refractivity contribution in [3.05, 3.63) is 63.7 Å². The number of hydrogen-bond donors (Lipinski definition) is 1. The van der Waals surface area contributed by atoms with Gasteiger partial charge in [0.2, 0.25) is 0 Å². The lowest BCUT2D eigenvalue weighted by atomic mass is 10.1. The van der Waals surface area contributed by atoms with Crippen LogP contribution in [0.5, 0.6) is 0 Å². The molecule has 2 aromatic carbocycles. The number of carbonyl (C=O) groups excluding carboxylic acids is 1. The predicted molar refractivity (Wildman–Crippen MR) is 111 cm³/mol. The quantitative estimate of drug-likeness (QED) is 0.572. The maximum atomic E-state index is 12.7. The molecule has 0 aliphatic carbocycles. The van der Waals surface area contributed by atoms with Crippen LogP contribution in [0.1, 0.15) is 29.8 Å². The fourth-order valence-corrected chi connectivity index (χ4v) is 4.73. The van der Waals surface area contributed by atoms with E-state index in [1.165, 1.54) is 24.3 Å². The predicted octanol–water partition coefficient (Wildman–Crippen LogP) is 2.95. The van der Waals surface area contributed by atoms with Crippen molar-refractivity contribution in [1.29, 1.82) is 0 Å². The SMILES string of the molecule is Cc1ccc([N+](=O)[O-])cc1S(=O)(=O)Nc1ccc(C(=O)N2CC(C)OC(C)C2)cc1. The molecule has 2 atom stereocenters. The first-order valence-electron chi connectivity index (χ1n) is 9.39. The Balaban J connectivity index is 1.78. The van der Waals surface area contributed by atoms with Crippen LogP contribution in [-0.4, -0.2) is 49.4 Å². The lowest BCUT2D eigenvalue weighted by molar-refractivity contribution is -0.385. The smallest absolute Gasteiger partial charge is 0.270 e. The number of nitro benzene ring substituents is 1. The van der Waals surface area contributed by atoms with E-state index in [0.29, 0.717) is 24.2 Å². The molecule has 0 bridgehead atoms. The highest BCUT2D eigenvalue weighted by Crippen LogP contribution is 2.24. The second-order valence-corrected chi connectivity index (χ2v) is 9.01. The molecule has 1 fully saturated rings. The second-order valence-electron chi connectivity index (χ2n) is 7.36. The Kier molecular flexibility index (Phi) is 6.09. The molecule has 160 valence electrons. The third-order valence-corrected chi connectivity index (χ3v) is 6.29. The van der Waals surface area contributed by atoms with Crippen LogP contribution in [-0.2, 0) is 14.8 Å². The zero-order valence-electron chi connectivity index (χ0n) is 16.9. The summed E-state index contributed by atoms with van der Waals surface area (Å²) < 4.78 is 33.5. The van der Waals surface area contributed by atoms with Crippen LogP contribution in [0.2, 0.25) is 0 Å². The van der Waals surface area contributed by atoms with Crippen LogP contribution >= 0.6 is 0 Å². The van der Waals surface area contributed by atoms with Crippen molar-refractivity contribution in [2.75, 3.05) is 17.8 Å². The number of amides is 1. The fourth-order valence-electron chi connectivity index (χ4n) is 3.41. The lowest BCUT2D eigenvalue weighted by Crippen LogP contribution is -2.48. The minimum Gasteiger partial charge on any atom is -0.372 e. The minimum atomic E-state index is -4.03. The summed E-state index contributed by atoms with van der Waals surface area (Å²) in [5.74, 6) is -0.152. The molecule has 0 aromatic heterocycles. The monoisotopic (exact) mass is 433 g/mol. The molecule has 1 heterocycles. The van der Waals surface area contributed by atoms with Crippen LogP contribution in [0, 0.1) is 17.0 Å². The number of benzene rings is 2. The van der Waals surface area contributed by atoms with Crippen LogP contribution in [0.4, 0.5) is 11.4 Å². The first-order valence-corrected chi connectivity index (χ1v) is 10.9. The van der Waals surface area contributed by atoms with E-state index in [1.54, 1.807) is 24.0 Å². The number of sulfonamides is 1. The van der Waals surface area contributed by atoms with Crippen molar-refractivity contribution in [2.24, 2.45) is 0 Å². The largest absolute Gasteiger partial charge is 0.372 e. The summed E-state index contributed by atoms with van der Waals surface area (Å²) >= 11 is 0. The molecule has 1 saturated heterocycles. The summed E-state index contributed by atoms with van der Waals surface area (Å²) in [7, 11) is -4.03. The number of aryl methyl sites for hydroxylation is 1. The number of anilines is 1. The number of hydrogen-bond acceptors (Lipinski definition) is 6. The topological polar surface area (TPSA) is 119 Å². The summed E-state index contributed by atoms with van der Waals surface area (Å²) in [5.41, 5.74) is 0.762. The second kappa shape index (κ2) is 8.41. The van der Waals surface area contributed by atoms with E-state index in [2.05, 4.69) is 4.72 Å². The molecule has 9 nitrogen and oxygen atoms in total. The van der Waals surface area contributed by atoms with Gasteiger partial charge in [0.05, 0.1) is 22.0 Å². The van der Waals surface area contributed by atoms with Crippen molar-refractivity contribution in [3.8, 4) is 0 Å². The van der Waals surface area contributed by atoms with Crippen molar-refractivity contribution in [2.45, 2.75) is 37.9 Å². The lowest BCUT2D eigenvalue weighted by Gasteiger charge is -2.35. The first-order chi connectivity index (χ1) is 14.1. The molecule has 2 unspecified atom stereocenters. The van der Waals surface area contributed by atoms with E-state index in [9.17, 15) is 23.3 Å². The molecule has 0 spiro atoms. The molecule has 10 heteroatoms. The Morgan fingerprint density at radius 1 is 1.13 bits per heavy atom. The zero-order chi connectivity index (χ0) is 22.1. The minimum absolute atomic E-state index is 0.0537. The van der Waals surface area contributed by atoms with Crippen molar-refractivity contribution < 1.29 is 22.9 Å². The molecule has 2 aromatic rings. The van der Waals surface area contributed by atoms with Gasteiger partial charge >= 0.3 is 0 Å². The maximum Gasteiger partial charge on any atom is 0.270 e. The van der Waals surface area contributed by atoms with Crippen LogP contribution in [0.15, 0.2) is 47.4 Å². The molecule has 1 amide bonds. The summed E-state index contributed by atoms with van der Waals surface area (Å²) in [4.78, 5) is 24.6. The van der Waals surface area contributed by atoms with Crippen molar-refractivity contribution in [1.82, 2.24) is 4.90 Å². The van der Waals surface area contributed by atoms with E-state index in [4.69, 9.17) is 4.74 Å². The highest BCUT2D eigenvalue weighted by Gasteiger charge is 2.27. The Hall–Kier alpha value is -2.98. The number of nitrogens with zero attached hydrogens (tertiary/aromatic N) is 2.